The minimum Gasteiger partial charge on any atom is -0.305 e. The zero-order valence-corrected chi connectivity index (χ0v) is 14.4. The summed E-state index contributed by atoms with van der Waals surface area (Å²) in [5.74, 6) is 0.544. The van der Waals surface area contributed by atoms with E-state index in [0.717, 1.165) is 19.4 Å². The van der Waals surface area contributed by atoms with Crippen molar-refractivity contribution in [1.82, 2.24) is 10.3 Å². The van der Waals surface area contributed by atoms with Crippen LogP contribution in [0.4, 0.5) is 0 Å². The van der Waals surface area contributed by atoms with E-state index in [1.807, 2.05) is 11.3 Å². The number of aromatic nitrogens is 1. The van der Waals surface area contributed by atoms with Crippen molar-refractivity contribution in [3.8, 4) is 0 Å². The smallest absolute Gasteiger partial charge is 0.113 e. The van der Waals surface area contributed by atoms with E-state index in [1.54, 1.807) is 0 Å². The minimum absolute atomic E-state index is 0.0319. The van der Waals surface area contributed by atoms with Gasteiger partial charge in [0.05, 0.1) is 11.2 Å². The lowest BCUT2D eigenvalue weighted by Gasteiger charge is -2.36. The molecule has 1 N–H and O–H groups in total. The molecule has 0 aliphatic rings. The molecule has 1 atom stereocenters. The van der Waals surface area contributed by atoms with Crippen molar-refractivity contribution in [2.45, 2.75) is 72.3 Å². The Hall–Kier alpha value is -0.410. The highest BCUT2D eigenvalue weighted by Crippen LogP contribution is 2.37. The van der Waals surface area contributed by atoms with E-state index in [9.17, 15) is 0 Å². The van der Waals surface area contributed by atoms with Crippen LogP contribution in [0.25, 0.3) is 0 Å². The van der Waals surface area contributed by atoms with Gasteiger partial charge >= 0.3 is 0 Å². The van der Waals surface area contributed by atoms with Crippen LogP contribution >= 0.6 is 11.3 Å². The molecule has 0 radical (unpaired) electrons. The number of nitrogens with one attached hydrogen (secondary N) is 1. The van der Waals surface area contributed by atoms with E-state index in [-0.39, 0.29) is 11.0 Å². The van der Waals surface area contributed by atoms with Gasteiger partial charge in [-0.25, -0.2) is 4.98 Å². The van der Waals surface area contributed by atoms with Gasteiger partial charge in [-0.05, 0) is 25.3 Å². The largest absolute Gasteiger partial charge is 0.305 e. The molecule has 2 nitrogen and oxygen atoms in total. The number of hydrogen-bond acceptors (Lipinski definition) is 3. The average Bonchev–Trinajstić information content (AvgIpc) is 2.80. The van der Waals surface area contributed by atoms with Gasteiger partial charge < -0.3 is 5.32 Å². The zero-order valence-electron chi connectivity index (χ0n) is 13.6. The molecule has 0 saturated heterocycles. The maximum Gasteiger partial charge on any atom is 0.113 e. The summed E-state index contributed by atoms with van der Waals surface area (Å²) in [4.78, 5) is 4.96. The van der Waals surface area contributed by atoms with Crippen LogP contribution in [-0.2, 0) is 11.0 Å². The van der Waals surface area contributed by atoms with Crippen molar-refractivity contribution in [1.29, 1.82) is 0 Å². The van der Waals surface area contributed by atoms with Gasteiger partial charge in [-0.3, -0.25) is 0 Å². The lowest BCUT2D eigenvalue weighted by atomic mass is 9.84. The summed E-state index contributed by atoms with van der Waals surface area (Å²) in [6.45, 7) is 16.8. The fourth-order valence-electron chi connectivity index (χ4n) is 2.38. The third-order valence-corrected chi connectivity index (χ3v) is 4.91. The molecule has 1 rings (SSSR count). The van der Waals surface area contributed by atoms with Gasteiger partial charge in [0.15, 0.2) is 0 Å². The summed E-state index contributed by atoms with van der Waals surface area (Å²) in [6.07, 6.45) is 2.24. The molecule has 1 heterocycles. The molecular weight excluding hydrogens is 252 g/mol. The fraction of sp³-hybridized carbons (Fsp3) is 0.812. The van der Waals surface area contributed by atoms with Crippen LogP contribution in [0.2, 0.25) is 0 Å². The summed E-state index contributed by atoms with van der Waals surface area (Å²) >= 11 is 1.81. The van der Waals surface area contributed by atoms with Crippen molar-refractivity contribution in [2.75, 3.05) is 6.54 Å². The normalized spacial score (nSPS) is 15.8. The van der Waals surface area contributed by atoms with Gasteiger partial charge in [0, 0.05) is 10.8 Å². The maximum absolute atomic E-state index is 4.96. The van der Waals surface area contributed by atoms with Gasteiger partial charge in [0.1, 0.15) is 5.01 Å². The zero-order chi connectivity index (χ0) is 14.7. The van der Waals surface area contributed by atoms with Crippen LogP contribution in [0.1, 0.15) is 72.0 Å². The van der Waals surface area contributed by atoms with E-state index < -0.39 is 0 Å². The maximum atomic E-state index is 4.96. The summed E-state index contributed by atoms with van der Waals surface area (Å²) < 4.78 is 0. The highest BCUT2D eigenvalue weighted by molar-refractivity contribution is 7.09. The van der Waals surface area contributed by atoms with Gasteiger partial charge in [0.2, 0.25) is 0 Å². The third-order valence-electron chi connectivity index (χ3n) is 3.89. The Morgan fingerprint density at radius 1 is 1.26 bits per heavy atom. The Morgan fingerprint density at radius 2 is 1.89 bits per heavy atom. The number of nitrogens with zero attached hydrogens (tertiary/aromatic N) is 1. The van der Waals surface area contributed by atoms with Crippen molar-refractivity contribution < 1.29 is 0 Å². The van der Waals surface area contributed by atoms with Gasteiger partial charge in [-0.2, -0.15) is 0 Å². The van der Waals surface area contributed by atoms with Crippen LogP contribution in [0.15, 0.2) is 5.38 Å². The molecule has 0 amide bonds. The van der Waals surface area contributed by atoms with E-state index in [1.165, 1.54) is 10.7 Å². The molecule has 0 bridgehead atoms. The highest BCUT2D eigenvalue weighted by atomic mass is 32.1. The molecule has 0 aromatic carbocycles. The fourth-order valence-corrected chi connectivity index (χ4v) is 3.83. The first-order valence-corrected chi connectivity index (χ1v) is 8.37. The molecular formula is C16H30N2S. The molecule has 1 aromatic heterocycles. The molecule has 110 valence electrons. The van der Waals surface area contributed by atoms with E-state index in [0.29, 0.717) is 5.92 Å². The monoisotopic (exact) mass is 282 g/mol. The van der Waals surface area contributed by atoms with Crippen LogP contribution in [0, 0.1) is 5.92 Å². The summed E-state index contributed by atoms with van der Waals surface area (Å²) in [7, 11) is 0. The lowest BCUT2D eigenvalue weighted by molar-refractivity contribution is 0.228. The van der Waals surface area contributed by atoms with Crippen LogP contribution in [0.5, 0.6) is 0 Å². The molecule has 0 fully saturated rings. The Balaban J connectivity index is 3.14. The molecule has 0 aliphatic carbocycles. The van der Waals surface area contributed by atoms with Crippen molar-refractivity contribution in [2.24, 2.45) is 5.92 Å². The van der Waals surface area contributed by atoms with Gasteiger partial charge in [0.25, 0.3) is 0 Å². The van der Waals surface area contributed by atoms with E-state index >= 15 is 0 Å². The topological polar surface area (TPSA) is 24.9 Å². The van der Waals surface area contributed by atoms with Crippen LogP contribution in [-0.4, -0.2) is 11.5 Å². The molecule has 0 aliphatic heterocycles. The first kappa shape index (κ1) is 16.6. The van der Waals surface area contributed by atoms with Crippen molar-refractivity contribution in [3.05, 3.63) is 16.1 Å². The lowest BCUT2D eigenvalue weighted by Crippen LogP contribution is -2.46. The van der Waals surface area contributed by atoms with E-state index in [2.05, 4.69) is 59.2 Å². The second kappa shape index (κ2) is 6.36. The Bertz CT molecular complexity index is 390. The van der Waals surface area contributed by atoms with Gasteiger partial charge in [-0.15, -0.1) is 11.3 Å². The molecule has 0 spiro atoms. The minimum atomic E-state index is 0.0319. The Labute approximate surface area is 123 Å². The predicted molar refractivity (Wildman–Crippen MR) is 85.9 cm³/mol. The first-order valence-electron chi connectivity index (χ1n) is 7.49. The molecule has 1 aromatic rings. The Kier molecular flexibility index (Phi) is 5.57. The van der Waals surface area contributed by atoms with Crippen LogP contribution < -0.4 is 5.32 Å². The second-order valence-corrected chi connectivity index (χ2v) is 7.55. The highest BCUT2D eigenvalue weighted by Gasteiger charge is 2.36. The summed E-state index contributed by atoms with van der Waals surface area (Å²) in [5.41, 5.74) is 1.38. The second-order valence-electron chi connectivity index (χ2n) is 6.69. The summed E-state index contributed by atoms with van der Waals surface area (Å²) in [5, 5.41) is 7.25. The number of rotatable bonds is 6. The first-order chi connectivity index (χ1) is 8.78. The van der Waals surface area contributed by atoms with Gasteiger partial charge in [-0.1, -0.05) is 48.5 Å². The summed E-state index contributed by atoms with van der Waals surface area (Å²) in [6, 6.07) is 0. The molecule has 3 heteroatoms. The molecule has 0 saturated carbocycles. The third kappa shape index (κ3) is 3.57. The van der Waals surface area contributed by atoms with E-state index in [4.69, 9.17) is 4.98 Å². The van der Waals surface area contributed by atoms with Crippen molar-refractivity contribution >= 4 is 11.3 Å². The number of thiazole rings is 1. The standard InChI is InChI=1S/C16H30N2S/c1-8-10-17-16(9-2,12(3)4)14-18-13(11-19-14)15(5,6)7/h11-12,17H,8-10H2,1-7H3. The Morgan fingerprint density at radius 3 is 2.26 bits per heavy atom. The van der Waals surface area contributed by atoms with Crippen LogP contribution in [0.3, 0.4) is 0 Å². The quantitative estimate of drug-likeness (QED) is 0.818. The predicted octanol–water partition coefficient (Wildman–Crippen LogP) is 4.70. The van der Waals surface area contributed by atoms with Crippen molar-refractivity contribution in [3.63, 3.8) is 0 Å². The molecule has 19 heavy (non-hydrogen) atoms. The average molecular weight is 282 g/mol. The SMILES string of the molecule is CCCNC(CC)(c1nc(C(C)(C)C)cs1)C(C)C. The molecule has 1 unspecified atom stereocenters. The number of hydrogen-bond donors (Lipinski definition) is 1.